The summed E-state index contributed by atoms with van der Waals surface area (Å²) >= 11 is 0. The molecule has 200 valence electrons. The molecule has 2 heteroatoms. The van der Waals surface area contributed by atoms with E-state index >= 15 is 0 Å². The number of carbonyl (C=O) groups excluding carboxylic acids is 1. The maximum atomic E-state index is 12.7. The van der Waals surface area contributed by atoms with Crippen LogP contribution >= 0.6 is 0 Å². The molecule has 0 saturated heterocycles. The van der Waals surface area contributed by atoms with Gasteiger partial charge in [0.25, 0.3) is 0 Å². The number of fused-ring (bicyclic) bond motifs is 5. The summed E-state index contributed by atoms with van der Waals surface area (Å²) in [5.74, 6) is 6.01. The Morgan fingerprint density at radius 1 is 0.889 bits per heavy atom. The minimum atomic E-state index is -0.133. The highest BCUT2D eigenvalue weighted by Crippen LogP contribution is 2.68. The summed E-state index contributed by atoms with van der Waals surface area (Å²) in [6.07, 6.45) is 16.3. The van der Waals surface area contributed by atoms with Crippen molar-refractivity contribution in [1.29, 1.82) is 0 Å². The molecule has 9 atom stereocenters. The van der Waals surface area contributed by atoms with Crippen LogP contribution in [0.3, 0.4) is 0 Å². The zero-order valence-corrected chi connectivity index (χ0v) is 23.8. The fourth-order valence-electron chi connectivity index (χ4n) is 10.1. The van der Waals surface area contributed by atoms with Gasteiger partial charge in [-0.1, -0.05) is 72.1 Å². The number of hydrogen-bond donors (Lipinski definition) is 0. The molecule has 0 heterocycles. The van der Waals surface area contributed by atoms with Gasteiger partial charge >= 0.3 is 5.97 Å². The topological polar surface area (TPSA) is 26.3 Å². The van der Waals surface area contributed by atoms with E-state index in [1.807, 2.05) is 30.3 Å². The number of carbonyl (C=O) groups is 1. The quantitative estimate of drug-likeness (QED) is 0.354. The van der Waals surface area contributed by atoms with Crippen molar-refractivity contribution in [2.45, 2.75) is 118 Å². The van der Waals surface area contributed by atoms with Gasteiger partial charge in [-0.05, 0) is 122 Å². The lowest BCUT2D eigenvalue weighted by atomic mass is 9.44. The second-order valence-electron chi connectivity index (χ2n) is 14.4. The standard InChI is InChI=1S/C34H52O2/c1-23(2)10-9-11-24(3)29-16-17-30-28-15-14-26-22-27(36-32(35)25-12-7-6-8-13-25)18-20-33(26,4)31(28)19-21-34(29,30)5/h6-8,12-13,23-24,26-31H,9-11,14-22H2,1-5H3/t24-,26+,27+,28-,29+,30-,31-,33+,34+/m1/s1. The van der Waals surface area contributed by atoms with Gasteiger partial charge in [-0.15, -0.1) is 0 Å². The normalized spacial score (nSPS) is 40.7. The second kappa shape index (κ2) is 10.5. The summed E-state index contributed by atoms with van der Waals surface area (Å²) in [6, 6.07) is 9.55. The number of ether oxygens (including phenoxy) is 1. The first-order valence-electron chi connectivity index (χ1n) is 15.5. The van der Waals surface area contributed by atoms with Crippen LogP contribution in [0.25, 0.3) is 0 Å². The molecule has 1 aromatic rings. The molecule has 0 spiro atoms. The monoisotopic (exact) mass is 492 g/mol. The molecular weight excluding hydrogens is 440 g/mol. The zero-order chi connectivity index (χ0) is 25.5. The Labute approximate surface area is 221 Å². The van der Waals surface area contributed by atoms with Crippen LogP contribution in [0.5, 0.6) is 0 Å². The Morgan fingerprint density at radius 2 is 1.61 bits per heavy atom. The van der Waals surface area contributed by atoms with Crippen molar-refractivity contribution in [3.8, 4) is 0 Å². The van der Waals surface area contributed by atoms with Crippen LogP contribution < -0.4 is 0 Å². The number of hydrogen-bond acceptors (Lipinski definition) is 2. The van der Waals surface area contributed by atoms with Gasteiger partial charge in [-0.25, -0.2) is 4.79 Å². The molecule has 0 N–H and O–H groups in total. The van der Waals surface area contributed by atoms with Gasteiger partial charge < -0.3 is 4.74 Å². The third-order valence-electron chi connectivity index (χ3n) is 12.1. The molecule has 2 nitrogen and oxygen atoms in total. The number of rotatable bonds is 7. The fraction of sp³-hybridized carbons (Fsp3) is 0.794. The van der Waals surface area contributed by atoms with Gasteiger partial charge in [0.15, 0.2) is 0 Å². The molecule has 0 radical (unpaired) electrons. The third kappa shape index (κ3) is 4.80. The zero-order valence-electron chi connectivity index (χ0n) is 23.8. The molecule has 0 unspecified atom stereocenters. The van der Waals surface area contributed by atoms with E-state index in [1.54, 1.807) is 0 Å². The predicted molar refractivity (Wildman–Crippen MR) is 149 cm³/mol. The van der Waals surface area contributed by atoms with Crippen molar-refractivity contribution in [2.75, 3.05) is 0 Å². The van der Waals surface area contributed by atoms with Crippen molar-refractivity contribution in [3.05, 3.63) is 35.9 Å². The first-order valence-corrected chi connectivity index (χ1v) is 15.5. The summed E-state index contributed by atoms with van der Waals surface area (Å²) in [5.41, 5.74) is 1.71. The molecule has 4 aliphatic rings. The minimum absolute atomic E-state index is 0.101. The van der Waals surface area contributed by atoms with Gasteiger partial charge in [-0.3, -0.25) is 0 Å². The van der Waals surface area contributed by atoms with E-state index in [9.17, 15) is 4.79 Å². The maximum Gasteiger partial charge on any atom is 0.338 e. The van der Waals surface area contributed by atoms with Gasteiger partial charge in [-0.2, -0.15) is 0 Å². The van der Waals surface area contributed by atoms with E-state index in [2.05, 4.69) is 34.6 Å². The van der Waals surface area contributed by atoms with Gasteiger partial charge in [0.2, 0.25) is 0 Å². The van der Waals surface area contributed by atoms with E-state index in [4.69, 9.17) is 4.74 Å². The highest BCUT2D eigenvalue weighted by molar-refractivity contribution is 5.89. The van der Waals surface area contributed by atoms with Crippen LogP contribution in [0.2, 0.25) is 0 Å². The molecular formula is C34H52O2. The highest BCUT2D eigenvalue weighted by atomic mass is 16.5. The third-order valence-corrected chi connectivity index (χ3v) is 12.1. The molecule has 4 aliphatic carbocycles. The predicted octanol–water partition coefficient (Wildman–Crippen LogP) is 9.33. The number of esters is 1. The van der Waals surface area contributed by atoms with E-state index in [-0.39, 0.29) is 12.1 Å². The Balaban J connectivity index is 1.22. The van der Waals surface area contributed by atoms with E-state index < -0.39 is 0 Å². The molecule has 4 fully saturated rings. The molecule has 1 aromatic carbocycles. The molecule has 4 saturated carbocycles. The summed E-state index contributed by atoms with van der Waals surface area (Å²) in [4.78, 5) is 12.7. The van der Waals surface area contributed by atoms with Crippen molar-refractivity contribution in [1.82, 2.24) is 0 Å². The van der Waals surface area contributed by atoms with Crippen molar-refractivity contribution in [2.24, 2.45) is 52.3 Å². The highest BCUT2D eigenvalue weighted by Gasteiger charge is 2.60. The second-order valence-corrected chi connectivity index (χ2v) is 14.4. The fourth-order valence-corrected chi connectivity index (χ4v) is 10.1. The molecule has 0 aliphatic heterocycles. The minimum Gasteiger partial charge on any atom is -0.459 e. The van der Waals surface area contributed by atoms with Crippen LogP contribution in [0, 0.1) is 52.3 Å². The van der Waals surface area contributed by atoms with Gasteiger partial charge in [0.1, 0.15) is 6.10 Å². The Morgan fingerprint density at radius 3 is 2.36 bits per heavy atom. The van der Waals surface area contributed by atoms with Gasteiger partial charge in [0.05, 0.1) is 5.56 Å². The average Bonchev–Trinajstić information content (AvgIpc) is 3.22. The van der Waals surface area contributed by atoms with E-state index in [0.717, 1.165) is 54.3 Å². The molecule has 36 heavy (non-hydrogen) atoms. The molecule has 0 bridgehead atoms. The van der Waals surface area contributed by atoms with Crippen LogP contribution in [0.4, 0.5) is 0 Å². The smallest absolute Gasteiger partial charge is 0.338 e. The summed E-state index contributed by atoms with van der Waals surface area (Å²) in [7, 11) is 0. The molecule has 0 amide bonds. The van der Waals surface area contributed by atoms with E-state index in [0.29, 0.717) is 16.4 Å². The average molecular weight is 493 g/mol. The Kier molecular flexibility index (Phi) is 7.64. The van der Waals surface area contributed by atoms with Crippen LogP contribution in [0.1, 0.15) is 122 Å². The number of benzene rings is 1. The Hall–Kier alpha value is -1.31. The van der Waals surface area contributed by atoms with Crippen LogP contribution in [0.15, 0.2) is 30.3 Å². The van der Waals surface area contributed by atoms with Crippen LogP contribution in [-0.4, -0.2) is 12.1 Å². The first kappa shape index (κ1) is 26.3. The lowest BCUT2D eigenvalue weighted by Crippen LogP contribution is -2.54. The van der Waals surface area contributed by atoms with Crippen molar-refractivity contribution < 1.29 is 9.53 Å². The Bertz CT molecular complexity index is 892. The molecule has 0 aromatic heterocycles. The van der Waals surface area contributed by atoms with Crippen LogP contribution in [-0.2, 0) is 4.74 Å². The first-order chi connectivity index (χ1) is 17.2. The van der Waals surface area contributed by atoms with Crippen molar-refractivity contribution in [3.63, 3.8) is 0 Å². The lowest BCUT2D eigenvalue weighted by molar-refractivity contribution is -0.130. The summed E-state index contributed by atoms with van der Waals surface area (Å²) < 4.78 is 6.04. The van der Waals surface area contributed by atoms with Gasteiger partial charge in [0, 0.05) is 0 Å². The lowest BCUT2D eigenvalue weighted by Gasteiger charge is -2.61. The van der Waals surface area contributed by atoms with E-state index in [1.165, 1.54) is 64.2 Å². The van der Waals surface area contributed by atoms with Crippen molar-refractivity contribution >= 4 is 5.97 Å². The summed E-state index contributed by atoms with van der Waals surface area (Å²) in [5, 5.41) is 0. The molecule has 5 rings (SSSR count). The SMILES string of the molecule is CC(C)CCC[C@@H](C)[C@@H]1CC[C@@H]2[C@H]3CC[C@H]4C[C@@H](OC(=O)c5ccccc5)CC[C@]4(C)[C@@H]3CC[C@]21C. The maximum absolute atomic E-state index is 12.7. The summed E-state index contributed by atoms with van der Waals surface area (Å²) in [6.45, 7) is 12.7. The largest absolute Gasteiger partial charge is 0.459 e.